The molecule has 0 unspecified atom stereocenters. The summed E-state index contributed by atoms with van der Waals surface area (Å²) in [5, 5.41) is 3.07. The van der Waals surface area contributed by atoms with E-state index in [4.69, 9.17) is 0 Å². The molecule has 2 aliphatic heterocycles. The Morgan fingerprint density at radius 3 is 2.59 bits per heavy atom. The third-order valence-corrected chi connectivity index (χ3v) is 5.82. The van der Waals surface area contributed by atoms with Crippen molar-refractivity contribution in [3.05, 3.63) is 48.8 Å². The van der Waals surface area contributed by atoms with Gasteiger partial charge < -0.3 is 19.7 Å². The van der Waals surface area contributed by atoms with Gasteiger partial charge in [0, 0.05) is 69.1 Å². The molecule has 2 fully saturated rings. The van der Waals surface area contributed by atoms with E-state index in [0.717, 1.165) is 63.6 Å². The van der Waals surface area contributed by atoms with Crippen LogP contribution >= 0.6 is 0 Å². The first-order chi connectivity index (χ1) is 13.2. The quantitative estimate of drug-likeness (QED) is 0.904. The highest BCUT2D eigenvalue weighted by atomic mass is 16.2. The van der Waals surface area contributed by atoms with Gasteiger partial charge in [0.05, 0.1) is 0 Å². The average molecular weight is 367 g/mol. The normalized spacial score (nSPS) is 21.5. The fraction of sp³-hybridized carbons (Fsp3) is 0.476. The van der Waals surface area contributed by atoms with Crippen molar-refractivity contribution in [2.24, 2.45) is 0 Å². The maximum absolute atomic E-state index is 12.7. The van der Waals surface area contributed by atoms with E-state index in [0.29, 0.717) is 6.04 Å². The van der Waals surface area contributed by atoms with E-state index in [1.54, 1.807) is 0 Å². The lowest BCUT2D eigenvalue weighted by atomic mass is 10.2. The summed E-state index contributed by atoms with van der Waals surface area (Å²) in [6.45, 7) is 9.55. The number of nitrogens with zero attached hydrogens (tertiary/aromatic N) is 4. The van der Waals surface area contributed by atoms with Crippen molar-refractivity contribution in [3.63, 3.8) is 0 Å². The van der Waals surface area contributed by atoms with E-state index in [1.165, 1.54) is 0 Å². The fourth-order valence-electron chi connectivity index (χ4n) is 4.12. The summed E-state index contributed by atoms with van der Waals surface area (Å²) in [6.07, 6.45) is 5.08. The lowest BCUT2D eigenvalue weighted by Crippen LogP contribution is -2.51. The molecule has 2 saturated heterocycles. The predicted molar refractivity (Wildman–Crippen MR) is 108 cm³/mol. The molecule has 1 atom stereocenters. The summed E-state index contributed by atoms with van der Waals surface area (Å²) in [6, 6.07) is 12.5. The highest BCUT2D eigenvalue weighted by molar-refractivity contribution is 5.89. The lowest BCUT2D eigenvalue weighted by Gasteiger charge is -2.37. The smallest absolute Gasteiger partial charge is 0.321 e. The number of nitrogens with one attached hydrogen (secondary N) is 1. The van der Waals surface area contributed by atoms with Gasteiger partial charge >= 0.3 is 6.03 Å². The van der Waals surface area contributed by atoms with Gasteiger partial charge in [0.1, 0.15) is 0 Å². The molecular formula is C21H29N5O. The van der Waals surface area contributed by atoms with Crippen LogP contribution in [0.15, 0.2) is 48.8 Å². The zero-order chi connectivity index (χ0) is 18.6. The molecule has 6 heteroatoms. The van der Waals surface area contributed by atoms with Crippen LogP contribution in [-0.2, 0) is 0 Å². The van der Waals surface area contributed by atoms with Gasteiger partial charge in [-0.3, -0.25) is 4.90 Å². The number of carbonyl (C=O) groups excluding carboxylic acids is 1. The number of rotatable bonds is 4. The first-order valence-electron chi connectivity index (χ1n) is 9.98. The average Bonchev–Trinajstić information content (AvgIpc) is 3.40. The minimum absolute atomic E-state index is 0.00866. The van der Waals surface area contributed by atoms with Crippen LogP contribution in [0.1, 0.15) is 13.3 Å². The second-order valence-electron chi connectivity index (χ2n) is 7.43. The number of hydrogen-bond donors (Lipinski definition) is 1. The standard InChI is InChI=1S/C21H29N5O/c1-2-23-12-14-25(15-13-23)20-8-11-26(17-20)21(27)22-18-6-5-7-19(16-18)24-9-3-4-10-24/h3-7,9-10,16,20H,2,8,11-15,17H2,1H3,(H,22,27)/t20-/m1/s1. The van der Waals surface area contributed by atoms with Crippen LogP contribution < -0.4 is 5.32 Å². The molecule has 1 N–H and O–H groups in total. The summed E-state index contributed by atoms with van der Waals surface area (Å²) in [4.78, 5) is 19.7. The van der Waals surface area contributed by atoms with E-state index >= 15 is 0 Å². The Morgan fingerprint density at radius 1 is 1.07 bits per heavy atom. The van der Waals surface area contributed by atoms with Crippen LogP contribution in [0.4, 0.5) is 10.5 Å². The van der Waals surface area contributed by atoms with E-state index in [9.17, 15) is 4.79 Å². The van der Waals surface area contributed by atoms with Crippen molar-refractivity contribution in [1.29, 1.82) is 0 Å². The zero-order valence-corrected chi connectivity index (χ0v) is 16.1. The fourth-order valence-corrected chi connectivity index (χ4v) is 4.12. The Hall–Kier alpha value is -2.31. The predicted octanol–water partition coefficient (Wildman–Crippen LogP) is 2.72. The minimum Gasteiger partial charge on any atom is -0.324 e. The van der Waals surface area contributed by atoms with Crippen molar-refractivity contribution in [2.45, 2.75) is 19.4 Å². The van der Waals surface area contributed by atoms with E-state index in [-0.39, 0.29) is 6.03 Å². The van der Waals surface area contributed by atoms with Gasteiger partial charge in [-0.1, -0.05) is 13.0 Å². The van der Waals surface area contributed by atoms with Crippen LogP contribution in [-0.4, -0.2) is 77.2 Å². The minimum atomic E-state index is 0.00866. The van der Waals surface area contributed by atoms with Crippen LogP contribution in [0.2, 0.25) is 0 Å². The molecule has 0 spiro atoms. The van der Waals surface area contributed by atoms with Crippen LogP contribution in [0, 0.1) is 0 Å². The Bertz CT molecular complexity index is 752. The molecular weight excluding hydrogens is 338 g/mol. The summed E-state index contributed by atoms with van der Waals surface area (Å²) < 4.78 is 2.04. The summed E-state index contributed by atoms with van der Waals surface area (Å²) >= 11 is 0. The number of amides is 2. The number of likely N-dealkylation sites (N-methyl/N-ethyl adjacent to an activating group) is 1. The van der Waals surface area contributed by atoms with Crippen LogP contribution in [0.25, 0.3) is 5.69 Å². The second kappa shape index (κ2) is 8.15. The van der Waals surface area contributed by atoms with E-state index in [2.05, 4.69) is 22.0 Å². The molecule has 0 saturated carbocycles. The van der Waals surface area contributed by atoms with Crippen molar-refractivity contribution in [3.8, 4) is 5.69 Å². The van der Waals surface area contributed by atoms with E-state index < -0.39 is 0 Å². The molecule has 0 bridgehead atoms. The Balaban J connectivity index is 1.33. The molecule has 6 nitrogen and oxygen atoms in total. The molecule has 2 amide bonds. The molecule has 4 rings (SSSR count). The van der Waals surface area contributed by atoms with Crippen molar-refractivity contribution < 1.29 is 4.79 Å². The lowest BCUT2D eigenvalue weighted by molar-refractivity contribution is 0.103. The highest BCUT2D eigenvalue weighted by Crippen LogP contribution is 2.20. The first kappa shape index (κ1) is 18.1. The zero-order valence-electron chi connectivity index (χ0n) is 16.1. The molecule has 0 aliphatic carbocycles. The van der Waals surface area contributed by atoms with E-state index in [1.807, 2.05) is 58.3 Å². The third-order valence-electron chi connectivity index (χ3n) is 5.82. The van der Waals surface area contributed by atoms with Crippen molar-refractivity contribution in [2.75, 3.05) is 51.1 Å². The van der Waals surface area contributed by atoms with Crippen LogP contribution in [0.3, 0.4) is 0 Å². The second-order valence-corrected chi connectivity index (χ2v) is 7.43. The molecule has 144 valence electrons. The molecule has 3 heterocycles. The third kappa shape index (κ3) is 4.17. The first-order valence-corrected chi connectivity index (χ1v) is 9.98. The number of carbonyl (C=O) groups is 1. The Labute approximate surface area is 161 Å². The number of benzene rings is 1. The number of aromatic nitrogens is 1. The van der Waals surface area contributed by atoms with Gasteiger partial charge in [-0.2, -0.15) is 0 Å². The van der Waals surface area contributed by atoms with Crippen LogP contribution in [0.5, 0.6) is 0 Å². The van der Waals surface area contributed by atoms with Crippen molar-refractivity contribution in [1.82, 2.24) is 19.3 Å². The van der Waals surface area contributed by atoms with Crippen molar-refractivity contribution >= 4 is 11.7 Å². The largest absolute Gasteiger partial charge is 0.324 e. The summed E-state index contributed by atoms with van der Waals surface area (Å²) in [7, 11) is 0. The molecule has 1 aromatic heterocycles. The highest BCUT2D eigenvalue weighted by Gasteiger charge is 2.31. The number of hydrogen-bond acceptors (Lipinski definition) is 3. The molecule has 0 radical (unpaired) electrons. The summed E-state index contributed by atoms with van der Waals surface area (Å²) in [5.41, 5.74) is 1.89. The number of urea groups is 1. The SMILES string of the molecule is CCN1CCN([C@@H]2CCN(C(=O)Nc3cccc(-n4cccc4)c3)C2)CC1. The Kier molecular flexibility index (Phi) is 5.45. The molecule has 2 aromatic rings. The van der Waals surface area contributed by atoms with Gasteiger partial charge in [-0.25, -0.2) is 4.79 Å². The maximum atomic E-state index is 12.7. The number of piperazine rings is 1. The Morgan fingerprint density at radius 2 is 1.85 bits per heavy atom. The van der Waals surface area contributed by atoms with Gasteiger partial charge in [0.25, 0.3) is 0 Å². The number of anilines is 1. The maximum Gasteiger partial charge on any atom is 0.321 e. The molecule has 2 aliphatic rings. The topological polar surface area (TPSA) is 43.8 Å². The molecule has 1 aromatic carbocycles. The van der Waals surface area contributed by atoms with Gasteiger partial charge in [-0.15, -0.1) is 0 Å². The monoisotopic (exact) mass is 367 g/mol. The van der Waals surface area contributed by atoms with Gasteiger partial charge in [0.2, 0.25) is 0 Å². The van der Waals surface area contributed by atoms with Gasteiger partial charge in [0.15, 0.2) is 0 Å². The molecule has 27 heavy (non-hydrogen) atoms. The summed E-state index contributed by atoms with van der Waals surface area (Å²) in [5.74, 6) is 0. The number of likely N-dealkylation sites (tertiary alicyclic amines) is 1. The van der Waals surface area contributed by atoms with Gasteiger partial charge in [-0.05, 0) is 43.3 Å².